The lowest BCUT2D eigenvalue weighted by atomic mass is 10.2. The third-order valence-electron chi connectivity index (χ3n) is 4.53. The number of guanidine groups is 1. The summed E-state index contributed by atoms with van der Waals surface area (Å²) in [5, 5.41) is 16.0. The van der Waals surface area contributed by atoms with Gasteiger partial charge in [-0.15, -0.1) is 45.5 Å². The number of hydrogen-bond acceptors (Lipinski definition) is 6. The summed E-state index contributed by atoms with van der Waals surface area (Å²) in [6.45, 7) is 5.77. The smallest absolute Gasteiger partial charge is 0.192 e. The van der Waals surface area contributed by atoms with Crippen molar-refractivity contribution in [1.82, 2.24) is 30.4 Å². The fourth-order valence-electron chi connectivity index (χ4n) is 2.60. The van der Waals surface area contributed by atoms with Gasteiger partial charge in [-0.1, -0.05) is 19.1 Å². The summed E-state index contributed by atoms with van der Waals surface area (Å²) < 4.78 is 7.17. The summed E-state index contributed by atoms with van der Waals surface area (Å²) in [5.74, 6) is 3.27. The van der Waals surface area contributed by atoms with E-state index in [2.05, 4.69) is 32.7 Å². The zero-order valence-electron chi connectivity index (χ0n) is 17.7. The Hall–Kier alpha value is -2.21. The lowest BCUT2D eigenvalue weighted by Gasteiger charge is -2.12. The second-order valence-corrected chi connectivity index (χ2v) is 7.72. The molecule has 162 valence electrons. The molecule has 0 amide bonds. The van der Waals surface area contributed by atoms with E-state index in [0.717, 1.165) is 34.4 Å². The van der Waals surface area contributed by atoms with Crippen LogP contribution >= 0.6 is 35.3 Å². The van der Waals surface area contributed by atoms with Crippen LogP contribution < -0.4 is 15.4 Å². The average Bonchev–Trinajstić information content (AvgIpc) is 3.34. The minimum absolute atomic E-state index is 0. The molecule has 10 heteroatoms. The van der Waals surface area contributed by atoms with Gasteiger partial charge < -0.3 is 19.9 Å². The van der Waals surface area contributed by atoms with E-state index in [9.17, 15) is 0 Å². The minimum atomic E-state index is 0. The monoisotopic (exact) mass is 541 g/mol. The van der Waals surface area contributed by atoms with Crippen molar-refractivity contribution in [2.75, 3.05) is 7.11 Å². The van der Waals surface area contributed by atoms with Crippen LogP contribution in [0.4, 0.5) is 0 Å². The number of nitrogens with zero attached hydrogens (tertiary/aromatic N) is 5. The highest BCUT2D eigenvalue weighted by molar-refractivity contribution is 14.0. The Bertz CT molecular complexity index is 952. The van der Waals surface area contributed by atoms with Crippen molar-refractivity contribution < 1.29 is 4.74 Å². The highest BCUT2D eigenvalue weighted by atomic mass is 127. The zero-order valence-corrected chi connectivity index (χ0v) is 20.8. The number of ether oxygens (including phenoxy) is 1. The number of methoxy groups -OCH3 is 1. The fourth-order valence-corrected chi connectivity index (χ4v) is 3.40. The number of nitrogens with one attached hydrogen (secondary N) is 2. The van der Waals surface area contributed by atoms with Gasteiger partial charge in [-0.25, -0.2) is 9.98 Å². The largest absolute Gasteiger partial charge is 0.497 e. The lowest BCUT2D eigenvalue weighted by molar-refractivity contribution is 0.414. The Morgan fingerprint density at radius 1 is 1.17 bits per heavy atom. The molecular weight excluding hydrogens is 513 g/mol. The summed E-state index contributed by atoms with van der Waals surface area (Å²) in [5.41, 5.74) is 1.10. The van der Waals surface area contributed by atoms with Crippen LogP contribution in [0.15, 0.2) is 35.5 Å². The molecule has 0 saturated heterocycles. The summed E-state index contributed by atoms with van der Waals surface area (Å²) in [6.07, 6.45) is 2.94. The molecule has 0 radical (unpaired) electrons. The molecule has 2 aromatic heterocycles. The van der Waals surface area contributed by atoms with Gasteiger partial charge in [0.1, 0.15) is 16.6 Å². The average molecular weight is 541 g/mol. The number of hydrogen-bond donors (Lipinski definition) is 2. The molecule has 3 rings (SSSR count). The van der Waals surface area contributed by atoms with E-state index in [1.807, 2.05) is 49.0 Å². The van der Waals surface area contributed by atoms with Crippen molar-refractivity contribution in [2.45, 2.75) is 39.9 Å². The summed E-state index contributed by atoms with van der Waals surface area (Å²) in [4.78, 5) is 10.5. The van der Waals surface area contributed by atoms with Gasteiger partial charge >= 0.3 is 0 Å². The molecule has 1 aromatic carbocycles. The number of thiazole rings is 1. The molecule has 0 spiro atoms. The lowest BCUT2D eigenvalue weighted by Crippen LogP contribution is -2.37. The molecule has 8 nitrogen and oxygen atoms in total. The van der Waals surface area contributed by atoms with Crippen LogP contribution in [-0.2, 0) is 33.1 Å². The van der Waals surface area contributed by atoms with Crippen LogP contribution in [-0.4, -0.2) is 32.8 Å². The minimum Gasteiger partial charge on any atom is -0.497 e. The van der Waals surface area contributed by atoms with Crippen molar-refractivity contribution in [3.63, 3.8) is 0 Å². The van der Waals surface area contributed by atoms with E-state index in [1.54, 1.807) is 18.4 Å². The van der Waals surface area contributed by atoms with Crippen LogP contribution in [0.25, 0.3) is 0 Å². The summed E-state index contributed by atoms with van der Waals surface area (Å²) >= 11 is 1.72. The van der Waals surface area contributed by atoms with Crippen LogP contribution in [0.1, 0.15) is 34.0 Å². The van der Waals surface area contributed by atoms with E-state index in [4.69, 9.17) is 9.73 Å². The van der Waals surface area contributed by atoms with Gasteiger partial charge in [0.15, 0.2) is 11.8 Å². The van der Waals surface area contributed by atoms with E-state index in [0.29, 0.717) is 25.6 Å². The first kappa shape index (κ1) is 24.1. The normalized spacial score (nSPS) is 11.1. The van der Waals surface area contributed by atoms with E-state index in [1.165, 1.54) is 4.88 Å². The van der Waals surface area contributed by atoms with Gasteiger partial charge in [-0.2, -0.15) is 0 Å². The Balaban J connectivity index is 0.00000320. The van der Waals surface area contributed by atoms with Crippen LogP contribution in [0.5, 0.6) is 5.75 Å². The number of aromatic nitrogens is 4. The molecule has 3 aromatic rings. The number of aryl methyl sites for hydroxylation is 2. The van der Waals surface area contributed by atoms with Gasteiger partial charge in [0.25, 0.3) is 0 Å². The van der Waals surface area contributed by atoms with Crippen LogP contribution in [0.3, 0.4) is 0 Å². The van der Waals surface area contributed by atoms with E-state index < -0.39 is 0 Å². The predicted molar refractivity (Wildman–Crippen MR) is 130 cm³/mol. The van der Waals surface area contributed by atoms with Gasteiger partial charge in [-0.3, -0.25) is 0 Å². The molecule has 0 unspecified atom stereocenters. The van der Waals surface area contributed by atoms with Gasteiger partial charge in [-0.05, 0) is 31.0 Å². The van der Waals surface area contributed by atoms with E-state index >= 15 is 0 Å². The summed E-state index contributed by atoms with van der Waals surface area (Å²) in [7, 11) is 3.62. The first-order valence-electron chi connectivity index (χ1n) is 9.52. The molecule has 0 aliphatic rings. The second kappa shape index (κ2) is 11.8. The van der Waals surface area contributed by atoms with Crippen molar-refractivity contribution in [3.8, 4) is 5.75 Å². The van der Waals surface area contributed by atoms with Crippen molar-refractivity contribution >= 4 is 41.3 Å². The highest BCUT2D eigenvalue weighted by Crippen LogP contribution is 2.13. The first-order valence-corrected chi connectivity index (χ1v) is 10.3. The van der Waals surface area contributed by atoms with Gasteiger partial charge in [0, 0.05) is 18.1 Å². The van der Waals surface area contributed by atoms with Crippen molar-refractivity contribution in [3.05, 3.63) is 57.6 Å². The van der Waals surface area contributed by atoms with Crippen LogP contribution in [0, 0.1) is 6.92 Å². The number of benzene rings is 1. The van der Waals surface area contributed by atoms with Gasteiger partial charge in [0.2, 0.25) is 0 Å². The quantitative estimate of drug-likeness (QED) is 0.259. The molecule has 0 aliphatic heterocycles. The molecule has 0 fully saturated rings. The fraction of sp³-hybridized carbons (Fsp3) is 0.400. The van der Waals surface area contributed by atoms with Crippen molar-refractivity contribution in [2.24, 2.45) is 12.0 Å². The number of aliphatic imine (C=N–C) groups is 1. The highest BCUT2D eigenvalue weighted by Gasteiger charge is 2.08. The third-order valence-corrected chi connectivity index (χ3v) is 5.67. The molecule has 0 atom stereocenters. The number of rotatable bonds is 8. The number of halogens is 1. The predicted octanol–water partition coefficient (Wildman–Crippen LogP) is 3.20. The maximum atomic E-state index is 5.21. The molecule has 2 N–H and O–H groups in total. The topological polar surface area (TPSA) is 89.2 Å². The Kier molecular flexibility index (Phi) is 9.50. The second-order valence-electron chi connectivity index (χ2n) is 6.52. The van der Waals surface area contributed by atoms with E-state index in [-0.39, 0.29) is 24.0 Å². The van der Waals surface area contributed by atoms with Gasteiger partial charge in [0.05, 0.1) is 26.7 Å². The molecule has 0 bridgehead atoms. The first-order chi connectivity index (χ1) is 14.1. The summed E-state index contributed by atoms with van der Waals surface area (Å²) in [6, 6.07) is 7.91. The standard InChI is InChI=1S/C20H27N7OS.HI/c1-5-17-11-21-19(29-17)13-24-20(23-12-18-26-25-14(2)27(18)3)22-10-15-6-8-16(28-4)9-7-15;/h6-9,11H,5,10,12-13H2,1-4H3,(H2,22,23,24);1H. The molecule has 0 saturated carbocycles. The maximum absolute atomic E-state index is 5.21. The van der Waals surface area contributed by atoms with Crippen LogP contribution in [0.2, 0.25) is 0 Å². The maximum Gasteiger partial charge on any atom is 0.192 e. The molecule has 30 heavy (non-hydrogen) atoms. The Morgan fingerprint density at radius 3 is 2.50 bits per heavy atom. The zero-order chi connectivity index (χ0) is 20.6. The Morgan fingerprint density at radius 2 is 1.90 bits per heavy atom. The molecule has 2 heterocycles. The van der Waals surface area contributed by atoms with Crippen molar-refractivity contribution in [1.29, 1.82) is 0 Å². The molecule has 0 aliphatic carbocycles. The third kappa shape index (κ3) is 6.66. The Labute approximate surface area is 198 Å². The molecular formula is C20H28IN7OS. The SMILES string of the molecule is CCc1cnc(CNC(=NCc2ccc(OC)cc2)NCc2nnc(C)n2C)s1.I.